The van der Waals surface area contributed by atoms with Crippen LogP contribution in [0.5, 0.6) is 0 Å². The van der Waals surface area contributed by atoms with E-state index < -0.39 is 0 Å². The number of fused-ring (bicyclic) bond motifs is 9. The van der Waals surface area contributed by atoms with E-state index in [2.05, 4.69) is 291 Å². The molecule has 0 bridgehead atoms. The topological polar surface area (TPSA) is 0 Å². The minimum absolute atomic E-state index is 1.20. The van der Waals surface area contributed by atoms with Gasteiger partial charge in [-0.05, 0) is 201 Å². The molecule has 80 heavy (non-hydrogen) atoms. The minimum atomic E-state index is 1.20. The van der Waals surface area contributed by atoms with Crippen LogP contribution in [0.25, 0.3) is 176 Å². The van der Waals surface area contributed by atoms with Crippen LogP contribution in [0.2, 0.25) is 0 Å². The quantitative estimate of drug-likeness (QED) is 0.149. The Morgan fingerprint density at radius 2 is 0.487 bits per heavy atom. The van der Waals surface area contributed by atoms with E-state index in [9.17, 15) is 0 Å². The molecule has 17 rings (SSSR count). The average molecular weight is 1010 g/mol. The second kappa shape index (κ2) is 17.6. The Labute approximate surface area is 464 Å². The lowest BCUT2D eigenvalue weighted by Crippen LogP contribution is -1.96. The van der Waals surface area contributed by atoms with Crippen molar-refractivity contribution in [2.24, 2.45) is 0 Å². The van der Waals surface area contributed by atoms with Gasteiger partial charge in [0.05, 0.1) is 0 Å². The number of benzene rings is 15. The van der Waals surface area contributed by atoms with Gasteiger partial charge in [0.2, 0.25) is 0 Å². The van der Waals surface area contributed by atoms with E-state index in [1.165, 1.54) is 176 Å². The molecule has 0 N–H and O–H groups in total. The first-order chi connectivity index (χ1) is 39.7. The van der Waals surface area contributed by atoms with Gasteiger partial charge in [0.15, 0.2) is 0 Å². The van der Waals surface area contributed by atoms with Crippen molar-refractivity contribution < 1.29 is 0 Å². The second-order valence-corrected chi connectivity index (χ2v) is 21.7. The van der Waals surface area contributed by atoms with Crippen molar-refractivity contribution in [2.75, 3.05) is 0 Å². The Balaban J connectivity index is 0.947. The lowest BCUT2D eigenvalue weighted by atomic mass is 9.80. The van der Waals surface area contributed by atoms with E-state index >= 15 is 0 Å². The maximum atomic E-state index is 2.51. The van der Waals surface area contributed by atoms with E-state index in [1.807, 2.05) is 0 Å². The zero-order valence-corrected chi connectivity index (χ0v) is 43.7. The third-order valence-corrected chi connectivity index (χ3v) is 17.5. The van der Waals surface area contributed by atoms with Crippen molar-refractivity contribution in [3.8, 4) is 122 Å². The molecule has 0 aromatic heterocycles. The Kier molecular flexibility index (Phi) is 9.81. The van der Waals surface area contributed by atoms with E-state index in [0.29, 0.717) is 0 Å². The number of hydrogen-bond donors (Lipinski definition) is 0. The van der Waals surface area contributed by atoms with E-state index in [4.69, 9.17) is 0 Å². The van der Waals surface area contributed by atoms with Gasteiger partial charge in [-0.15, -0.1) is 0 Å². The Morgan fingerprint density at radius 1 is 0.138 bits per heavy atom. The molecule has 15 aromatic rings. The molecule has 0 radical (unpaired) electrons. The number of hydrogen-bond acceptors (Lipinski definition) is 0. The highest BCUT2D eigenvalue weighted by molar-refractivity contribution is 6.31. The van der Waals surface area contributed by atoms with Crippen LogP contribution in [-0.2, 0) is 0 Å². The zero-order valence-electron chi connectivity index (χ0n) is 43.7. The van der Waals surface area contributed by atoms with Gasteiger partial charge in [-0.2, -0.15) is 0 Å². The molecular weight excluding hydrogens is 961 g/mol. The highest BCUT2D eigenvalue weighted by Gasteiger charge is 2.34. The molecule has 0 fully saturated rings. The fourth-order valence-electron chi connectivity index (χ4n) is 14.1. The Bertz CT molecular complexity index is 5070. The molecular formula is C80H48. The lowest BCUT2D eigenvalue weighted by molar-refractivity contribution is 1.59. The van der Waals surface area contributed by atoms with E-state index in [0.717, 1.165) is 0 Å². The Morgan fingerprint density at radius 3 is 1.00 bits per heavy atom. The lowest BCUT2D eigenvalue weighted by Gasteiger charge is -2.23. The molecule has 0 saturated heterocycles. The molecule has 368 valence electrons. The van der Waals surface area contributed by atoms with E-state index in [1.54, 1.807) is 0 Å². The van der Waals surface area contributed by atoms with Gasteiger partial charge in [-0.1, -0.05) is 267 Å². The largest absolute Gasteiger partial charge is 0.0622 e. The van der Waals surface area contributed by atoms with E-state index in [-0.39, 0.29) is 0 Å². The molecule has 2 aliphatic carbocycles. The molecule has 15 aromatic carbocycles. The van der Waals surface area contributed by atoms with Crippen LogP contribution in [0.3, 0.4) is 0 Å². The van der Waals surface area contributed by atoms with Crippen molar-refractivity contribution in [3.63, 3.8) is 0 Å². The molecule has 0 heterocycles. The summed E-state index contributed by atoms with van der Waals surface area (Å²) >= 11 is 0. The molecule has 0 nitrogen and oxygen atoms in total. The molecule has 0 heteroatoms. The number of rotatable bonds is 7. The maximum absolute atomic E-state index is 2.51. The first kappa shape index (κ1) is 44.7. The van der Waals surface area contributed by atoms with Gasteiger partial charge in [-0.25, -0.2) is 0 Å². The van der Waals surface area contributed by atoms with Crippen LogP contribution in [-0.4, -0.2) is 0 Å². The van der Waals surface area contributed by atoms with Gasteiger partial charge in [0.1, 0.15) is 0 Å². The summed E-state index contributed by atoms with van der Waals surface area (Å²) in [7, 11) is 0. The Hall–Kier alpha value is -10.4. The summed E-state index contributed by atoms with van der Waals surface area (Å²) in [5.41, 5.74) is 27.6. The molecule has 0 aliphatic heterocycles. The first-order valence-corrected chi connectivity index (χ1v) is 27.9. The predicted octanol–water partition coefficient (Wildman–Crippen LogP) is 22.4. The van der Waals surface area contributed by atoms with Crippen LogP contribution < -0.4 is 0 Å². The van der Waals surface area contributed by atoms with Crippen LogP contribution in [0, 0.1) is 0 Å². The summed E-state index contributed by atoms with van der Waals surface area (Å²) in [5, 5.41) is 12.6. The summed E-state index contributed by atoms with van der Waals surface area (Å²) in [6, 6.07) is 109. The van der Waals surface area contributed by atoms with Gasteiger partial charge in [0, 0.05) is 0 Å². The minimum Gasteiger partial charge on any atom is -0.0622 e. The predicted molar refractivity (Wildman–Crippen MR) is 341 cm³/mol. The summed E-state index contributed by atoms with van der Waals surface area (Å²) in [6.07, 6.45) is 0. The fraction of sp³-hybridized carbons (Fsp3) is 0. The van der Waals surface area contributed by atoms with Crippen LogP contribution >= 0.6 is 0 Å². The van der Waals surface area contributed by atoms with Gasteiger partial charge in [-0.3, -0.25) is 0 Å². The van der Waals surface area contributed by atoms with Crippen molar-refractivity contribution in [1.29, 1.82) is 0 Å². The van der Waals surface area contributed by atoms with Crippen LogP contribution in [0.15, 0.2) is 291 Å². The maximum Gasteiger partial charge on any atom is -0.000740 e. The summed E-state index contributed by atoms with van der Waals surface area (Å²) in [5.74, 6) is 0. The standard InChI is InChI=1S/C80H48/c1-5-21-51(22-6-1)59-39-40-60(57-37-35-49-19-13-15-29-55(49)45-57)78-67-43-41-61(63-31-17-33-65(75(63)67)77(59)78)62-42-44-68-76-64(62)32-18-34-66(76)79-73(54-27-11-4-12-28-54)71-47-69(52-23-7-2-8-24-52)70(53-25-9-3-10-26-53)48-72(71)74(80(68)79)58-38-36-50-20-14-16-30-56(50)46-58/h1-48H. The van der Waals surface area contributed by atoms with Gasteiger partial charge < -0.3 is 0 Å². The summed E-state index contributed by atoms with van der Waals surface area (Å²) in [4.78, 5) is 0. The van der Waals surface area contributed by atoms with Gasteiger partial charge >= 0.3 is 0 Å². The zero-order chi connectivity index (χ0) is 52.4. The smallest absolute Gasteiger partial charge is 0.000740 e. The molecule has 0 unspecified atom stereocenters. The molecule has 0 atom stereocenters. The summed E-state index contributed by atoms with van der Waals surface area (Å²) in [6.45, 7) is 0. The molecule has 0 saturated carbocycles. The average Bonchev–Trinajstić information content (AvgIpc) is 4.12. The van der Waals surface area contributed by atoms with Crippen LogP contribution in [0.4, 0.5) is 0 Å². The summed E-state index contributed by atoms with van der Waals surface area (Å²) < 4.78 is 0. The molecule has 0 amide bonds. The molecule has 0 spiro atoms. The highest BCUT2D eigenvalue weighted by Crippen LogP contribution is 2.61. The third kappa shape index (κ3) is 6.63. The highest BCUT2D eigenvalue weighted by atomic mass is 14.4. The fourth-order valence-corrected chi connectivity index (χ4v) is 14.1. The van der Waals surface area contributed by atoms with Crippen molar-refractivity contribution in [1.82, 2.24) is 0 Å². The normalized spacial score (nSPS) is 12.0. The van der Waals surface area contributed by atoms with Crippen molar-refractivity contribution >= 4 is 53.9 Å². The molecule has 2 aliphatic rings. The first-order valence-electron chi connectivity index (χ1n) is 27.9. The van der Waals surface area contributed by atoms with Crippen molar-refractivity contribution in [3.05, 3.63) is 291 Å². The van der Waals surface area contributed by atoms with Crippen LogP contribution in [0.1, 0.15) is 0 Å². The second-order valence-electron chi connectivity index (χ2n) is 21.7. The van der Waals surface area contributed by atoms with Crippen molar-refractivity contribution in [2.45, 2.75) is 0 Å². The SMILES string of the molecule is c1ccc(-c2cc3c(-c4ccccc4)c4c(c(-c5ccc6ccccc6c5)c3cc2-c2ccccc2)-c2ccc(-c3ccc5c6c(cccc36)-c3c(-c6ccccc6)ccc(-c6ccc7ccccc7c6)c3-5)c3cccc-4c23)cc1. The van der Waals surface area contributed by atoms with Gasteiger partial charge in [0.25, 0.3) is 0 Å². The third-order valence-electron chi connectivity index (χ3n) is 17.5. The monoisotopic (exact) mass is 1010 g/mol.